The lowest BCUT2D eigenvalue weighted by Gasteiger charge is -2.16. The Labute approximate surface area is 126 Å². The van der Waals surface area contributed by atoms with Crippen LogP contribution in [0.3, 0.4) is 0 Å². The van der Waals surface area contributed by atoms with Gasteiger partial charge in [0.15, 0.2) is 0 Å². The summed E-state index contributed by atoms with van der Waals surface area (Å²) in [6.45, 7) is 1.06. The van der Waals surface area contributed by atoms with Gasteiger partial charge in [0.25, 0.3) is 0 Å². The molecule has 2 aromatic rings. The molecule has 0 saturated heterocycles. The fourth-order valence-electron chi connectivity index (χ4n) is 2.39. The van der Waals surface area contributed by atoms with Crippen LogP contribution in [0.5, 0.6) is 0 Å². The van der Waals surface area contributed by atoms with E-state index in [0.29, 0.717) is 5.92 Å². The second-order valence-electron chi connectivity index (χ2n) is 4.97. The van der Waals surface area contributed by atoms with Crippen molar-refractivity contribution in [3.63, 3.8) is 0 Å². The van der Waals surface area contributed by atoms with Gasteiger partial charge in [0, 0.05) is 11.4 Å². The maximum absolute atomic E-state index is 3.32. The average molecular weight is 285 g/mol. The molecule has 0 aliphatic carbocycles. The van der Waals surface area contributed by atoms with Gasteiger partial charge in [0.1, 0.15) is 0 Å². The van der Waals surface area contributed by atoms with Crippen molar-refractivity contribution in [1.82, 2.24) is 5.32 Å². The van der Waals surface area contributed by atoms with Gasteiger partial charge in [-0.1, -0.05) is 48.5 Å². The standard InChI is InChI=1S/C18H23NS/c1-19-15-17(16-9-4-2-5-10-16)11-8-14-20-18-12-6-3-7-13-18/h2-7,9-10,12-13,17,19H,8,11,14-15H2,1H3. The normalized spacial score (nSPS) is 12.2. The second-order valence-corrected chi connectivity index (χ2v) is 6.14. The summed E-state index contributed by atoms with van der Waals surface area (Å²) in [6, 6.07) is 21.5. The zero-order valence-electron chi connectivity index (χ0n) is 12.1. The smallest absolute Gasteiger partial charge is 0.00719 e. The van der Waals surface area contributed by atoms with Crippen molar-refractivity contribution >= 4 is 11.8 Å². The van der Waals surface area contributed by atoms with E-state index in [-0.39, 0.29) is 0 Å². The zero-order valence-corrected chi connectivity index (χ0v) is 12.9. The predicted octanol–water partition coefficient (Wildman–Crippen LogP) is 4.56. The molecule has 20 heavy (non-hydrogen) atoms. The summed E-state index contributed by atoms with van der Waals surface area (Å²) in [5, 5.41) is 3.32. The topological polar surface area (TPSA) is 12.0 Å². The Morgan fingerprint density at radius 3 is 2.25 bits per heavy atom. The quantitative estimate of drug-likeness (QED) is 0.563. The molecule has 0 radical (unpaired) electrons. The van der Waals surface area contributed by atoms with E-state index < -0.39 is 0 Å². The van der Waals surface area contributed by atoms with Gasteiger partial charge in [-0.3, -0.25) is 0 Å². The lowest BCUT2D eigenvalue weighted by atomic mass is 9.94. The molecule has 0 fully saturated rings. The van der Waals surface area contributed by atoms with Crippen LogP contribution in [0.4, 0.5) is 0 Å². The molecule has 1 atom stereocenters. The number of hydrogen-bond donors (Lipinski definition) is 1. The van der Waals surface area contributed by atoms with Crippen LogP contribution in [0, 0.1) is 0 Å². The molecule has 0 amide bonds. The van der Waals surface area contributed by atoms with Gasteiger partial charge in [-0.05, 0) is 49.3 Å². The lowest BCUT2D eigenvalue weighted by molar-refractivity contribution is 0.578. The van der Waals surface area contributed by atoms with Crippen molar-refractivity contribution in [3.05, 3.63) is 66.2 Å². The molecule has 0 heterocycles. The molecule has 0 aromatic heterocycles. The van der Waals surface area contributed by atoms with E-state index in [1.54, 1.807) is 0 Å². The first kappa shape index (κ1) is 15.1. The molecule has 0 bridgehead atoms. The third-order valence-corrected chi connectivity index (χ3v) is 4.53. The Morgan fingerprint density at radius 2 is 1.60 bits per heavy atom. The van der Waals surface area contributed by atoms with Crippen LogP contribution < -0.4 is 5.32 Å². The Kier molecular flexibility index (Phi) is 6.69. The fraction of sp³-hybridized carbons (Fsp3) is 0.333. The number of thioether (sulfide) groups is 1. The summed E-state index contributed by atoms with van der Waals surface area (Å²) in [5.74, 6) is 1.81. The molecule has 0 saturated carbocycles. The maximum Gasteiger partial charge on any atom is 0.00719 e. The van der Waals surface area contributed by atoms with Gasteiger partial charge in [-0.2, -0.15) is 0 Å². The lowest BCUT2D eigenvalue weighted by Crippen LogP contribution is -2.17. The summed E-state index contributed by atoms with van der Waals surface area (Å²) in [7, 11) is 2.04. The average Bonchev–Trinajstić information content (AvgIpc) is 2.52. The van der Waals surface area contributed by atoms with E-state index in [2.05, 4.69) is 66.0 Å². The summed E-state index contributed by atoms with van der Waals surface area (Å²) < 4.78 is 0. The number of nitrogens with one attached hydrogen (secondary N) is 1. The first-order chi connectivity index (χ1) is 9.90. The third-order valence-electron chi connectivity index (χ3n) is 3.43. The molecule has 1 nitrogen and oxygen atoms in total. The molecule has 2 aromatic carbocycles. The van der Waals surface area contributed by atoms with E-state index in [4.69, 9.17) is 0 Å². The monoisotopic (exact) mass is 285 g/mol. The van der Waals surface area contributed by atoms with Gasteiger partial charge in [-0.25, -0.2) is 0 Å². The van der Waals surface area contributed by atoms with Crippen molar-refractivity contribution in [1.29, 1.82) is 0 Å². The van der Waals surface area contributed by atoms with Crippen molar-refractivity contribution in [3.8, 4) is 0 Å². The van der Waals surface area contributed by atoms with Crippen LogP contribution in [0.2, 0.25) is 0 Å². The van der Waals surface area contributed by atoms with Crippen molar-refractivity contribution < 1.29 is 0 Å². The molecule has 2 rings (SSSR count). The van der Waals surface area contributed by atoms with Crippen LogP contribution in [0.25, 0.3) is 0 Å². The first-order valence-electron chi connectivity index (χ1n) is 7.27. The number of likely N-dealkylation sites (N-methyl/N-ethyl adjacent to an activating group) is 1. The van der Waals surface area contributed by atoms with Gasteiger partial charge in [-0.15, -0.1) is 11.8 Å². The molecular formula is C18H23NS. The highest BCUT2D eigenvalue weighted by Gasteiger charge is 2.09. The van der Waals surface area contributed by atoms with Crippen LogP contribution in [0.15, 0.2) is 65.6 Å². The van der Waals surface area contributed by atoms with Gasteiger partial charge < -0.3 is 5.32 Å². The Hall–Kier alpha value is -1.25. The van der Waals surface area contributed by atoms with E-state index in [1.165, 1.54) is 29.1 Å². The molecule has 0 aliphatic rings. The molecule has 1 N–H and O–H groups in total. The molecule has 106 valence electrons. The van der Waals surface area contributed by atoms with Crippen molar-refractivity contribution in [2.24, 2.45) is 0 Å². The number of rotatable bonds is 8. The highest BCUT2D eigenvalue weighted by Crippen LogP contribution is 2.24. The van der Waals surface area contributed by atoms with E-state index in [9.17, 15) is 0 Å². The third kappa shape index (κ3) is 5.03. The van der Waals surface area contributed by atoms with Gasteiger partial charge >= 0.3 is 0 Å². The minimum absolute atomic E-state index is 0.623. The Balaban J connectivity index is 1.78. The first-order valence-corrected chi connectivity index (χ1v) is 8.26. The SMILES string of the molecule is CNCC(CCCSc1ccccc1)c1ccccc1. The highest BCUT2D eigenvalue weighted by molar-refractivity contribution is 7.99. The molecule has 0 spiro atoms. The molecule has 2 heteroatoms. The van der Waals surface area contributed by atoms with E-state index in [1.807, 2.05) is 18.8 Å². The minimum atomic E-state index is 0.623. The van der Waals surface area contributed by atoms with Gasteiger partial charge in [0.2, 0.25) is 0 Å². The highest BCUT2D eigenvalue weighted by atomic mass is 32.2. The van der Waals surface area contributed by atoms with Crippen LogP contribution >= 0.6 is 11.8 Å². The van der Waals surface area contributed by atoms with E-state index >= 15 is 0 Å². The summed E-state index contributed by atoms with van der Waals surface area (Å²) in [5.41, 5.74) is 1.45. The fourth-order valence-corrected chi connectivity index (χ4v) is 3.29. The zero-order chi connectivity index (χ0) is 14.0. The van der Waals surface area contributed by atoms with Crippen molar-refractivity contribution in [2.75, 3.05) is 19.3 Å². The summed E-state index contributed by atoms with van der Waals surface area (Å²) in [6.07, 6.45) is 2.49. The number of benzene rings is 2. The predicted molar refractivity (Wildman–Crippen MR) is 89.5 cm³/mol. The van der Waals surface area contributed by atoms with Crippen LogP contribution in [-0.2, 0) is 0 Å². The Morgan fingerprint density at radius 1 is 0.950 bits per heavy atom. The summed E-state index contributed by atoms with van der Waals surface area (Å²) in [4.78, 5) is 1.37. The van der Waals surface area contributed by atoms with Crippen LogP contribution in [-0.4, -0.2) is 19.3 Å². The molecule has 0 aliphatic heterocycles. The Bertz CT molecular complexity index is 469. The molecule has 1 unspecified atom stereocenters. The molecular weight excluding hydrogens is 262 g/mol. The second kappa shape index (κ2) is 8.83. The van der Waals surface area contributed by atoms with E-state index in [0.717, 1.165) is 6.54 Å². The van der Waals surface area contributed by atoms with Gasteiger partial charge in [0.05, 0.1) is 0 Å². The minimum Gasteiger partial charge on any atom is -0.319 e. The summed E-state index contributed by atoms with van der Waals surface area (Å²) >= 11 is 1.96. The largest absolute Gasteiger partial charge is 0.319 e. The maximum atomic E-state index is 3.32. The number of hydrogen-bond acceptors (Lipinski definition) is 2. The van der Waals surface area contributed by atoms with Crippen molar-refractivity contribution in [2.45, 2.75) is 23.7 Å². The van der Waals surface area contributed by atoms with Crippen LogP contribution in [0.1, 0.15) is 24.3 Å².